The van der Waals surface area contributed by atoms with Crippen LogP contribution in [0.1, 0.15) is 342 Å². The van der Waals surface area contributed by atoms with Crippen molar-refractivity contribution >= 4 is 17.9 Å². The molecule has 0 aliphatic rings. The maximum Gasteiger partial charge on any atom is 0.306 e. The van der Waals surface area contributed by atoms with E-state index in [0.29, 0.717) is 19.3 Å². The van der Waals surface area contributed by atoms with Crippen molar-refractivity contribution in [2.75, 3.05) is 13.2 Å². The quantitative estimate of drug-likeness (QED) is 0.0261. The molecule has 6 heteroatoms. The van der Waals surface area contributed by atoms with Crippen molar-refractivity contribution < 1.29 is 28.6 Å². The van der Waals surface area contributed by atoms with E-state index in [0.717, 1.165) is 109 Å². The van der Waals surface area contributed by atoms with E-state index in [1.54, 1.807) is 0 Å². The van der Waals surface area contributed by atoms with Gasteiger partial charge in [-0.15, -0.1) is 0 Å². The number of carbonyl (C=O) groups is 3. The first-order valence-electron chi connectivity index (χ1n) is 34.7. The lowest BCUT2D eigenvalue weighted by Gasteiger charge is -2.18. The summed E-state index contributed by atoms with van der Waals surface area (Å²) in [7, 11) is 0. The van der Waals surface area contributed by atoms with Crippen molar-refractivity contribution in [2.45, 2.75) is 348 Å². The van der Waals surface area contributed by atoms with E-state index in [1.807, 2.05) is 0 Å². The molecule has 0 heterocycles. The van der Waals surface area contributed by atoms with Gasteiger partial charge in [0.25, 0.3) is 0 Å². The third-order valence-corrected chi connectivity index (χ3v) is 15.1. The maximum absolute atomic E-state index is 12.9. The lowest BCUT2D eigenvalue weighted by atomic mass is 10.0. The van der Waals surface area contributed by atoms with E-state index < -0.39 is 6.10 Å². The third kappa shape index (κ3) is 67.0. The Bertz CT molecular complexity index is 1580. The number of allylic oxidation sites excluding steroid dienone is 16. The first-order valence-corrected chi connectivity index (χ1v) is 34.7. The van der Waals surface area contributed by atoms with Crippen molar-refractivity contribution in [3.05, 3.63) is 97.2 Å². The average molecular weight is 1130 g/mol. The Morgan fingerprint density at radius 3 is 0.753 bits per heavy atom. The van der Waals surface area contributed by atoms with Gasteiger partial charge < -0.3 is 14.2 Å². The lowest BCUT2D eigenvalue weighted by molar-refractivity contribution is -0.167. The van der Waals surface area contributed by atoms with Gasteiger partial charge >= 0.3 is 17.9 Å². The van der Waals surface area contributed by atoms with Crippen LogP contribution in [0.25, 0.3) is 0 Å². The molecule has 466 valence electrons. The second-order valence-electron chi connectivity index (χ2n) is 23.1. The smallest absolute Gasteiger partial charge is 0.306 e. The third-order valence-electron chi connectivity index (χ3n) is 15.1. The molecular formula is C75H130O6. The first kappa shape index (κ1) is 77.3. The Kier molecular flexibility index (Phi) is 65.7. The zero-order valence-electron chi connectivity index (χ0n) is 53.5. The van der Waals surface area contributed by atoms with Gasteiger partial charge in [-0.05, 0) is 83.5 Å². The number of hydrogen-bond acceptors (Lipinski definition) is 6. The van der Waals surface area contributed by atoms with Crippen LogP contribution >= 0.6 is 0 Å². The van der Waals surface area contributed by atoms with Gasteiger partial charge in [-0.2, -0.15) is 0 Å². The van der Waals surface area contributed by atoms with Gasteiger partial charge in [0.1, 0.15) is 13.2 Å². The normalized spacial score (nSPS) is 12.7. The molecule has 0 N–H and O–H groups in total. The summed E-state index contributed by atoms with van der Waals surface area (Å²) in [6.07, 6.45) is 92.9. The molecule has 0 aromatic carbocycles. The van der Waals surface area contributed by atoms with Gasteiger partial charge in [-0.1, -0.05) is 336 Å². The molecule has 0 fully saturated rings. The van der Waals surface area contributed by atoms with Crippen LogP contribution in [0.15, 0.2) is 97.2 Å². The molecule has 0 radical (unpaired) electrons. The van der Waals surface area contributed by atoms with Crippen molar-refractivity contribution in [2.24, 2.45) is 0 Å². The summed E-state index contributed by atoms with van der Waals surface area (Å²) in [4.78, 5) is 38.4. The van der Waals surface area contributed by atoms with Gasteiger partial charge in [0.15, 0.2) is 6.10 Å². The minimum absolute atomic E-state index is 0.0871. The molecule has 0 rings (SSSR count). The van der Waals surface area contributed by atoms with E-state index >= 15 is 0 Å². The molecule has 0 aromatic heterocycles. The fourth-order valence-electron chi connectivity index (χ4n) is 9.93. The zero-order chi connectivity index (χ0) is 58.5. The van der Waals surface area contributed by atoms with Crippen molar-refractivity contribution in [1.82, 2.24) is 0 Å². The van der Waals surface area contributed by atoms with Crippen LogP contribution in [0.5, 0.6) is 0 Å². The van der Waals surface area contributed by atoms with Crippen LogP contribution in [-0.4, -0.2) is 37.2 Å². The Labute approximate surface area is 502 Å². The SMILES string of the molecule is CC/C=C\C/C=C\C/C=C\C/C=C\C/C=C\C/C=C\C/C=C\C/C=C\CCCCC(=O)OCC(COC(=O)CCCCCCCCCCCCCC)OC(=O)CCCCCCCCCCCCCCCCCCCCCCCCCC. The fourth-order valence-corrected chi connectivity index (χ4v) is 9.93. The number of esters is 3. The van der Waals surface area contributed by atoms with E-state index in [-0.39, 0.29) is 31.1 Å². The minimum atomic E-state index is -0.794. The molecule has 0 aliphatic carbocycles. The summed E-state index contributed by atoms with van der Waals surface area (Å²) in [6.45, 7) is 6.53. The van der Waals surface area contributed by atoms with Crippen LogP contribution in [-0.2, 0) is 28.6 Å². The first-order chi connectivity index (χ1) is 40.0. The molecule has 0 aromatic rings. The molecule has 0 bridgehead atoms. The van der Waals surface area contributed by atoms with Crippen molar-refractivity contribution in [3.63, 3.8) is 0 Å². The van der Waals surface area contributed by atoms with Gasteiger partial charge in [-0.3, -0.25) is 14.4 Å². The Morgan fingerprint density at radius 1 is 0.259 bits per heavy atom. The number of rotatable bonds is 63. The van der Waals surface area contributed by atoms with Crippen LogP contribution in [0.4, 0.5) is 0 Å². The van der Waals surface area contributed by atoms with Gasteiger partial charge in [0.05, 0.1) is 0 Å². The molecule has 0 amide bonds. The molecule has 0 spiro atoms. The molecule has 81 heavy (non-hydrogen) atoms. The predicted octanol–water partition coefficient (Wildman–Crippen LogP) is 24.0. The largest absolute Gasteiger partial charge is 0.462 e. The molecule has 6 nitrogen and oxygen atoms in total. The van der Waals surface area contributed by atoms with E-state index in [2.05, 4.69) is 118 Å². The van der Waals surface area contributed by atoms with Crippen LogP contribution in [0.3, 0.4) is 0 Å². The Hall–Kier alpha value is -3.67. The van der Waals surface area contributed by atoms with Crippen LogP contribution in [0, 0.1) is 0 Å². The number of carbonyl (C=O) groups excluding carboxylic acids is 3. The Balaban J connectivity index is 4.34. The Morgan fingerprint density at radius 2 is 0.481 bits per heavy atom. The van der Waals surface area contributed by atoms with Crippen molar-refractivity contribution in [3.8, 4) is 0 Å². The van der Waals surface area contributed by atoms with E-state index in [9.17, 15) is 14.4 Å². The summed E-state index contributed by atoms with van der Waals surface area (Å²) in [6, 6.07) is 0. The number of unbranched alkanes of at least 4 members (excludes halogenated alkanes) is 36. The summed E-state index contributed by atoms with van der Waals surface area (Å²) < 4.78 is 16.9. The highest BCUT2D eigenvalue weighted by Crippen LogP contribution is 2.18. The predicted molar refractivity (Wildman–Crippen MR) is 353 cm³/mol. The monoisotopic (exact) mass is 1130 g/mol. The van der Waals surface area contributed by atoms with Crippen LogP contribution in [0.2, 0.25) is 0 Å². The molecule has 0 aliphatic heterocycles. The summed E-state index contributed by atoms with van der Waals surface area (Å²) >= 11 is 0. The number of hydrogen-bond donors (Lipinski definition) is 0. The van der Waals surface area contributed by atoms with Gasteiger partial charge in [0, 0.05) is 19.3 Å². The number of ether oxygens (including phenoxy) is 3. The van der Waals surface area contributed by atoms with Crippen molar-refractivity contribution in [1.29, 1.82) is 0 Å². The topological polar surface area (TPSA) is 78.9 Å². The summed E-state index contributed by atoms with van der Waals surface area (Å²) in [5.41, 5.74) is 0. The molecule has 1 atom stereocenters. The van der Waals surface area contributed by atoms with E-state index in [1.165, 1.54) is 193 Å². The standard InChI is InChI=1S/C75H130O6/c1-4-7-10-13-16-19-22-25-27-29-31-33-35-37-38-39-41-42-44-46-48-50-53-56-59-62-65-68-74(77)80-71-72(70-79-73(76)67-64-61-58-55-52-24-21-18-15-12-9-6-3)81-75(78)69-66-63-60-57-54-51-49-47-45-43-40-36-34-32-30-28-26-23-20-17-14-11-8-5-2/h7,10,16,19,25,27,31,33,37-38,41-42,46,48,53,56,72H,4-6,8-9,11-15,17-18,20-24,26,28-30,32,34-36,39-40,43-45,47,49-52,54-55,57-71H2,1-3H3/b10-7-,19-16-,27-25-,33-31-,38-37-,42-41-,48-46-,56-53-. The second-order valence-corrected chi connectivity index (χ2v) is 23.1. The summed E-state index contributed by atoms with van der Waals surface area (Å²) in [5, 5.41) is 0. The average Bonchev–Trinajstić information content (AvgIpc) is 3.47. The molecule has 0 saturated carbocycles. The fraction of sp³-hybridized carbons (Fsp3) is 0.747. The van der Waals surface area contributed by atoms with Crippen LogP contribution < -0.4 is 0 Å². The highest BCUT2D eigenvalue weighted by Gasteiger charge is 2.19. The maximum atomic E-state index is 12.9. The van der Waals surface area contributed by atoms with Gasteiger partial charge in [0.2, 0.25) is 0 Å². The zero-order valence-corrected chi connectivity index (χ0v) is 53.5. The highest BCUT2D eigenvalue weighted by atomic mass is 16.6. The lowest BCUT2D eigenvalue weighted by Crippen LogP contribution is -2.30. The van der Waals surface area contributed by atoms with Gasteiger partial charge in [-0.25, -0.2) is 0 Å². The second kappa shape index (κ2) is 68.8. The summed E-state index contributed by atoms with van der Waals surface area (Å²) in [5.74, 6) is -0.916. The molecular weight excluding hydrogens is 997 g/mol. The molecule has 0 saturated heterocycles. The highest BCUT2D eigenvalue weighted by molar-refractivity contribution is 5.71. The van der Waals surface area contributed by atoms with E-state index in [4.69, 9.17) is 14.2 Å². The molecule has 1 unspecified atom stereocenters. The minimum Gasteiger partial charge on any atom is -0.462 e.